The molecule has 0 atom stereocenters. The lowest BCUT2D eigenvalue weighted by Crippen LogP contribution is -2.15. The van der Waals surface area contributed by atoms with E-state index in [0.717, 1.165) is 32.6 Å². The molecule has 0 radical (unpaired) electrons. The van der Waals surface area contributed by atoms with Crippen molar-refractivity contribution in [2.24, 2.45) is 0 Å². The Morgan fingerprint density at radius 1 is 0.622 bits per heavy atom. The smallest absolute Gasteiger partial charge is 0.145 e. The highest BCUT2D eigenvalue weighted by molar-refractivity contribution is 9.10. The van der Waals surface area contributed by atoms with Crippen LogP contribution in [0.15, 0.2) is 120 Å². The van der Waals surface area contributed by atoms with Crippen molar-refractivity contribution < 1.29 is 0 Å². The summed E-state index contributed by atoms with van der Waals surface area (Å²) in [5.74, 6) is 0.954. The molecule has 0 bridgehead atoms. The number of imidazole rings is 1. The quantitative estimate of drug-likeness (QED) is 0.218. The Hall–Kier alpha value is -3.95. The van der Waals surface area contributed by atoms with Crippen LogP contribution in [-0.4, -0.2) is 9.55 Å². The molecule has 6 aromatic rings. The number of halogens is 1. The van der Waals surface area contributed by atoms with E-state index in [1.807, 2.05) is 12.1 Å². The van der Waals surface area contributed by atoms with E-state index in [1.54, 1.807) is 0 Å². The predicted octanol–water partition coefficient (Wildman–Crippen LogP) is 9.43. The molecule has 0 aliphatic heterocycles. The van der Waals surface area contributed by atoms with Gasteiger partial charge in [0, 0.05) is 21.1 Å². The normalized spacial score (nSPS) is 13.5. The van der Waals surface area contributed by atoms with Crippen LogP contribution in [-0.2, 0) is 5.41 Å². The van der Waals surface area contributed by atoms with E-state index in [0.29, 0.717) is 0 Å². The first-order valence-electron chi connectivity index (χ1n) is 12.6. The molecule has 7 rings (SSSR count). The number of fused-ring (bicyclic) bond motifs is 4. The predicted molar refractivity (Wildman–Crippen MR) is 157 cm³/mol. The van der Waals surface area contributed by atoms with E-state index in [9.17, 15) is 0 Å². The van der Waals surface area contributed by atoms with Crippen molar-refractivity contribution in [2.45, 2.75) is 19.3 Å². The van der Waals surface area contributed by atoms with E-state index in [2.05, 4.69) is 137 Å². The van der Waals surface area contributed by atoms with Crippen LogP contribution in [0.3, 0.4) is 0 Å². The molecule has 37 heavy (non-hydrogen) atoms. The van der Waals surface area contributed by atoms with Crippen LogP contribution in [0, 0.1) is 0 Å². The summed E-state index contributed by atoms with van der Waals surface area (Å²) < 4.78 is 3.38. The lowest BCUT2D eigenvalue weighted by atomic mass is 9.81. The third-order valence-electron chi connectivity index (χ3n) is 7.69. The van der Waals surface area contributed by atoms with E-state index >= 15 is 0 Å². The number of benzene rings is 5. The lowest BCUT2D eigenvalue weighted by molar-refractivity contribution is 0.660. The van der Waals surface area contributed by atoms with Gasteiger partial charge in [-0.3, -0.25) is 4.57 Å². The van der Waals surface area contributed by atoms with Gasteiger partial charge in [-0.15, -0.1) is 0 Å². The Labute approximate surface area is 225 Å². The zero-order valence-corrected chi connectivity index (χ0v) is 22.3. The van der Waals surface area contributed by atoms with Gasteiger partial charge < -0.3 is 0 Å². The number of aromatic nitrogens is 2. The number of rotatable bonds is 3. The maximum Gasteiger partial charge on any atom is 0.145 e. The summed E-state index contributed by atoms with van der Waals surface area (Å²) >= 11 is 3.66. The van der Waals surface area contributed by atoms with Gasteiger partial charge in [0.1, 0.15) is 5.82 Å². The highest BCUT2D eigenvalue weighted by atomic mass is 79.9. The van der Waals surface area contributed by atoms with Gasteiger partial charge in [-0.1, -0.05) is 103 Å². The van der Waals surface area contributed by atoms with Crippen LogP contribution in [0.4, 0.5) is 0 Å². The first kappa shape index (κ1) is 22.3. The Bertz CT molecular complexity index is 1790. The van der Waals surface area contributed by atoms with Gasteiger partial charge in [-0.05, 0) is 75.8 Å². The summed E-state index contributed by atoms with van der Waals surface area (Å²) in [5.41, 5.74) is 12.2. The minimum absolute atomic E-state index is 0.0368. The molecule has 0 unspecified atom stereocenters. The first-order valence-corrected chi connectivity index (χ1v) is 13.4. The third kappa shape index (κ3) is 3.49. The van der Waals surface area contributed by atoms with Crippen molar-refractivity contribution in [2.75, 3.05) is 0 Å². The van der Waals surface area contributed by atoms with Gasteiger partial charge in [0.05, 0.1) is 11.0 Å². The second kappa shape index (κ2) is 8.29. The fourth-order valence-electron chi connectivity index (χ4n) is 5.76. The molecule has 0 N–H and O–H groups in total. The number of hydrogen-bond donors (Lipinski definition) is 0. The Morgan fingerprint density at radius 2 is 1.24 bits per heavy atom. The van der Waals surface area contributed by atoms with Crippen molar-refractivity contribution in [3.05, 3.63) is 131 Å². The van der Waals surface area contributed by atoms with Crippen LogP contribution < -0.4 is 0 Å². The summed E-state index contributed by atoms with van der Waals surface area (Å²) in [6, 6.07) is 41.2. The molecule has 178 valence electrons. The molecule has 2 nitrogen and oxygen atoms in total. The van der Waals surface area contributed by atoms with Gasteiger partial charge in [-0.2, -0.15) is 0 Å². The Morgan fingerprint density at radius 3 is 2.03 bits per heavy atom. The summed E-state index contributed by atoms with van der Waals surface area (Å²) in [5, 5.41) is 0. The van der Waals surface area contributed by atoms with Gasteiger partial charge in [-0.25, -0.2) is 4.98 Å². The average molecular weight is 541 g/mol. The first-order chi connectivity index (χ1) is 18.0. The molecular weight excluding hydrogens is 516 g/mol. The molecular formula is C34H25BrN2. The minimum atomic E-state index is -0.0368. The van der Waals surface area contributed by atoms with E-state index in [1.165, 1.54) is 33.4 Å². The van der Waals surface area contributed by atoms with Crippen LogP contribution >= 0.6 is 15.9 Å². The fraction of sp³-hybridized carbons (Fsp3) is 0.0882. The van der Waals surface area contributed by atoms with Crippen molar-refractivity contribution in [1.82, 2.24) is 9.55 Å². The van der Waals surface area contributed by atoms with Crippen molar-refractivity contribution in [3.63, 3.8) is 0 Å². The van der Waals surface area contributed by atoms with Gasteiger partial charge in [0.25, 0.3) is 0 Å². The van der Waals surface area contributed by atoms with E-state index < -0.39 is 0 Å². The maximum absolute atomic E-state index is 5.02. The van der Waals surface area contributed by atoms with E-state index in [4.69, 9.17) is 4.98 Å². The Kier molecular flexibility index (Phi) is 4.99. The van der Waals surface area contributed by atoms with Crippen molar-refractivity contribution in [1.29, 1.82) is 0 Å². The molecule has 1 aliphatic carbocycles. The third-order valence-corrected chi connectivity index (χ3v) is 8.18. The Balaban J connectivity index is 1.30. The molecule has 0 saturated heterocycles. The molecule has 1 aliphatic rings. The molecule has 1 aromatic heterocycles. The molecule has 3 heteroatoms. The number of nitrogens with zero attached hydrogens (tertiary/aromatic N) is 2. The van der Waals surface area contributed by atoms with Gasteiger partial charge in [0.15, 0.2) is 0 Å². The second-order valence-corrected chi connectivity index (χ2v) is 11.2. The molecule has 0 spiro atoms. The number of hydrogen-bond acceptors (Lipinski definition) is 1. The van der Waals surface area contributed by atoms with E-state index in [-0.39, 0.29) is 5.41 Å². The molecule has 1 heterocycles. The summed E-state index contributed by atoms with van der Waals surface area (Å²) in [4.78, 5) is 5.02. The van der Waals surface area contributed by atoms with Crippen LogP contribution in [0.1, 0.15) is 25.0 Å². The van der Waals surface area contributed by atoms with Gasteiger partial charge in [0.2, 0.25) is 0 Å². The van der Waals surface area contributed by atoms with Gasteiger partial charge >= 0.3 is 0 Å². The number of para-hydroxylation sites is 3. The monoisotopic (exact) mass is 540 g/mol. The largest absolute Gasteiger partial charge is 0.292 e. The van der Waals surface area contributed by atoms with Crippen LogP contribution in [0.25, 0.3) is 50.4 Å². The molecule has 0 saturated carbocycles. The topological polar surface area (TPSA) is 17.8 Å². The average Bonchev–Trinajstić information content (AvgIpc) is 3.42. The molecule has 5 aromatic carbocycles. The van der Waals surface area contributed by atoms with Crippen molar-refractivity contribution >= 4 is 27.0 Å². The fourth-order valence-corrected chi connectivity index (χ4v) is 6.12. The highest BCUT2D eigenvalue weighted by Crippen LogP contribution is 2.50. The molecule has 0 fully saturated rings. The van der Waals surface area contributed by atoms with Crippen molar-refractivity contribution in [3.8, 4) is 39.3 Å². The SMILES string of the molecule is CC1(C)c2cc(Br)ccc2-c2ccc(-c3ccc(-c4nc5ccccc5n4-c4ccccc4)cc3)cc21. The summed E-state index contributed by atoms with van der Waals surface area (Å²) in [6.07, 6.45) is 0. The maximum atomic E-state index is 5.02. The highest BCUT2D eigenvalue weighted by Gasteiger charge is 2.35. The summed E-state index contributed by atoms with van der Waals surface area (Å²) in [7, 11) is 0. The van der Waals surface area contributed by atoms with Crippen LogP contribution in [0.5, 0.6) is 0 Å². The summed E-state index contributed by atoms with van der Waals surface area (Å²) in [6.45, 7) is 4.65. The standard InChI is InChI=1S/C34H25BrN2/c1-34(2)29-20-24(16-18-27(29)28-19-17-25(35)21-30(28)34)22-12-14-23(15-13-22)33-36-31-10-6-7-11-32(31)37(33)26-8-4-3-5-9-26/h3-21H,1-2H3. The second-order valence-electron chi connectivity index (χ2n) is 10.2. The lowest BCUT2D eigenvalue weighted by Gasteiger charge is -2.22. The molecule has 0 amide bonds. The zero-order chi connectivity index (χ0) is 25.1. The zero-order valence-electron chi connectivity index (χ0n) is 20.7. The minimum Gasteiger partial charge on any atom is -0.292 e. The van der Waals surface area contributed by atoms with Crippen LogP contribution in [0.2, 0.25) is 0 Å².